The molecule has 2 radical (unpaired) electrons. The van der Waals surface area contributed by atoms with Gasteiger partial charge in [-0.2, -0.15) is 0 Å². The Kier molecular flexibility index (Phi) is 5.98. The van der Waals surface area contributed by atoms with E-state index in [2.05, 4.69) is 9.97 Å². The summed E-state index contributed by atoms with van der Waals surface area (Å²) in [4.78, 5) is 14.0. The van der Waals surface area contributed by atoms with Gasteiger partial charge in [-0.15, -0.1) is 0 Å². The Balaban J connectivity index is 1.53. The fourth-order valence-corrected chi connectivity index (χ4v) is 4.76. The molecule has 0 amide bonds. The van der Waals surface area contributed by atoms with E-state index in [0.29, 0.717) is 22.8 Å². The highest BCUT2D eigenvalue weighted by Gasteiger charge is 2.61. The van der Waals surface area contributed by atoms with Gasteiger partial charge in [0.1, 0.15) is 11.1 Å². The van der Waals surface area contributed by atoms with E-state index in [1.165, 1.54) is 0 Å². The molecule has 0 unspecified atom stereocenters. The Bertz CT molecular complexity index is 1460. The summed E-state index contributed by atoms with van der Waals surface area (Å²) < 4.78 is 1.46. The van der Waals surface area contributed by atoms with Crippen molar-refractivity contribution in [1.82, 2.24) is 25.1 Å². The van der Waals surface area contributed by atoms with Crippen LogP contribution >= 0.6 is 0 Å². The lowest BCUT2D eigenvalue weighted by atomic mass is 9.84. The number of amidine groups is 2. The Morgan fingerprint density at radius 2 is 0.775 bits per heavy atom. The number of aromatic nitrogens is 3. The van der Waals surface area contributed by atoms with Gasteiger partial charge in [0.05, 0.1) is 22.8 Å². The molecule has 5 rings (SSSR count). The van der Waals surface area contributed by atoms with E-state index < -0.39 is 22.2 Å². The Labute approximate surface area is 233 Å². The lowest BCUT2D eigenvalue weighted by Crippen LogP contribution is -2.53. The van der Waals surface area contributed by atoms with Crippen molar-refractivity contribution in [1.29, 1.82) is 0 Å². The first-order valence-corrected chi connectivity index (χ1v) is 13.1. The molecule has 5 heterocycles. The second-order valence-corrected chi connectivity index (χ2v) is 12.3. The average molecular weight is 544 g/mol. The highest BCUT2D eigenvalue weighted by Crippen LogP contribution is 2.38. The fourth-order valence-electron chi connectivity index (χ4n) is 4.76. The van der Waals surface area contributed by atoms with Gasteiger partial charge in [0.15, 0.2) is 22.5 Å². The molecule has 3 aromatic rings. The molecule has 0 aromatic carbocycles. The molecule has 11 nitrogen and oxygen atoms in total. The Morgan fingerprint density at radius 1 is 0.525 bits per heavy atom. The SMILES string of the molecule is CC1(C)N([O])C(c2cccc(-c3cccc(-c4cccc(C5=[N+]([O-])C(C)(C)C(C)(C)N5[O])n4)n3)n2)=[N+]([O-])C1(C)C. The monoisotopic (exact) mass is 543 g/mol. The largest absolute Gasteiger partial charge is 0.714 e. The maximum Gasteiger partial charge on any atom is 0.335 e. The highest BCUT2D eigenvalue weighted by molar-refractivity contribution is 5.95. The lowest BCUT2D eigenvalue weighted by molar-refractivity contribution is -0.540. The van der Waals surface area contributed by atoms with Gasteiger partial charge in [-0.3, -0.25) is 9.48 Å². The number of hydrogen-bond acceptors (Lipinski definition) is 7. The minimum absolute atomic E-state index is 0.0499. The van der Waals surface area contributed by atoms with Gasteiger partial charge in [-0.25, -0.2) is 15.0 Å². The second-order valence-electron chi connectivity index (χ2n) is 12.3. The summed E-state index contributed by atoms with van der Waals surface area (Å²) in [6, 6.07) is 15.5. The van der Waals surface area contributed by atoms with Crippen LogP contribution in [0, 0.1) is 10.4 Å². The first-order chi connectivity index (χ1) is 18.5. The van der Waals surface area contributed by atoms with Crippen molar-refractivity contribution >= 4 is 11.7 Å². The van der Waals surface area contributed by atoms with Crippen LogP contribution < -0.4 is 0 Å². The molecule has 208 valence electrons. The quantitative estimate of drug-likeness (QED) is 0.356. The first kappa shape index (κ1) is 27.5. The average Bonchev–Trinajstić information content (AvgIpc) is 3.12. The number of hydrogen-bond donors (Lipinski definition) is 0. The zero-order chi connectivity index (χ0) is 29.4. The lowest BCUT2D eigenvalue weighted by Gasteiger charge is -2.32. The van der Waals surface area contributed by atoms with Crippen molar-refractivity contribution in [2.75, 3.05) is 0 Å². The maximum absolute atomic E-state index is 13.1. The van der Waals surface area contributed by atoms with Gasteiger partial charge in [0.2, 0.25) is 0 Å². The third-order valence-corrected chi connectivity index (χ3v) is 9.03. The minimum atomic E-state index is -0.961. The molecule has 0 N–H and O–H groups in total. The maximum atomic E-state index is 13.1. The molecular formula is C29H33N7O4. The third kappa shape index (κ3) is 3.68. The van der Waals surface area contributed by atoms with E-state index >= 15 is 0 Å². The smallest absolute Gasteiger partial charge is 0.335 e. The summed E-state index contributed by atoms with van der Waals surface area (Å²) in [5.74, 6) is -0.0997. The zero-order valence-corrected chi connectivity index (χ0v) is 24.0. The molecule has 3 aromatic heterocycles. The molecule has 0 saturated heterocycles. The van der Waals surface area contributed by atoms with Gasteiger partial charge in [-0.1, -0.05) is 28.3 Å². The molecule has 0 aliphatic carbocycles. The summed E-state index contributed by atoms with van der Waals surface area (Å²) in [7, 11) is 0. The van der Waals surface area contributed by atoms with Crippen LogP contribution in [0.5, 0.6) is 0 Å². The summed E-state index contributed by atoms with van der Waals surface area (Å²) in [6.45, 7) is 13.9. The van der Waals surface area contributed by atoms with Crippen LogP contribution in [0.15, 0.2) is 54.6 Å². The van der Waals surface area contributed by atoms with Crippen molar-refractivity contribution in [2.24, 2.45) is 0 Å². The second kappa shape index (κ2) is 8.70. The molecule has 0 spiro atoms. The van der Waals surface area contributed by atoms with Gasteiger partial charge in [0, 0.05) is 10.4 Å². The topological polar surface area (TPSA) is 137 Å². The number of pyridine rings is 3. The number of rotatable bonds is 4. The molecule has 40 heavy (non-hydrogen) atoms. The summed E-state index contributed by atoms with van der Waals surface area (Å²) in [6.07, 6.45) is 0. The van der Waals surface area contributed by atoms with Gasteiger partial charge < -0.3 is 10.4 Å². The summed E-state index contributed by atoms with van der Waals surface area (Å²) in [5, 5.41) is 54.0. The van der Waals surface area contributed by atoms with Gasteiger partial charge in [0.25, 0.3) is 0 Å². The predicted octanol–water partition coefficient (Wildman–Crippen LogP) is 4.16. The number of hydroxylamine groups is 6. The summed E-state index contributed by atoms with van der Waals surface area (Å²) in [5.41, 5.74) is -1.39. The van der Waals surface area contributed by atoms with Crippen molar-refractivity contribution in [3.63, 3.8) is 0 Å². The van der Waals surface area contributed by atoms with E-state index in [1.807, 2.05) is 0 Å². The fraction of sp³-hybridized carbons (Fsp3) is 0.414. The van der Waals surface area contributed by atoms with Crippen molar-refractivity contribution in [3.05, 3.63) is 76.4 Å². The molecule has 0 saturated carbocycles. The van der Waals surface area contributed by atoms with Crippen LogP contribution in [-0.4, -0.2) is 68.4 Å². The number of nitrogens with zero attached hydrogens (tertiary/aromatic N) is 7. The van der Waals surface area contributed by atoms with Crippen molar-refractivity contribution in [3.8, 4) is 22.8 Å². The van der Waals surface area contributed by atoms with Crippen molar-refractivity contribution < 1.29 is 19.9 Å². The molecular weight excluding hydrogens is 510 g/mol. The van der Waals surface area contributed by atoms with E-state index in [9.17, 15) is 20.8 Å². The van der Waals surface area contributed by atoms with Gasteiger partial charge in [-0.05, 0) is 91.8 Å². The van der Waals surface area contributed by atoms with Crippen LogP contribution in [0.1, 0.15) is 66.8 Å². The minimum Gasteiger partial charge on any atom is -0.714 e. The van der Waals surface area contributed by atoms with E-state index in [1.54, 1.807) is 110 Å². The molecule has 0 bridgehead atoms. The van der Waals surface area contributed by atoms with Gasteiger partial charge >= 0.3 is 11.7 Å². The zero-order valence-electron chi connectivity index (χ0n) is 24.0. The van der Waals surface area contributed by atoms with Crippen molar-refractivity contribution in [2.45, 2.75) is 77.5 Å². The van der Waals surface area contributed by atoms with E-state index in [0.717, 1.165) is 19.6 Å². The van der Waals surface area contributed by atoms with Crippen LogP contribution in [0.25, 0.3) is 22.8 Å². The van der Waals surface area contributed by atoms with E-state index in [-0.39, 0.29) is 23.1 Å². The third-order valence-electron chi connectivity index (χ3n) is 9.03. The Hall–Kier alpha value is -4.09. The highest BCUT2D eigenvalue weighted by atomic mass is 16.5. The molecule has 2 aliphatic heterocycles. The summed E-state index contributed by atoms with van der Waals surface area (Å²) >= 11 is 0. The standard InChI is InChI=1S/C29H33N7O4/c1-26(2)27(3,4)34(38)24(33(26)37)22-16-10-14-20(31-22)18-12-9-13-19(30-18)21-15-11-17-23(32-21)25-35(39)28(5,6)29(7,8)36(25)40/h9-17H,1-8H3. The molecule has 11 heteroatoms. The van der Waals surface area contributed by atoms with E-state index in [4.69, 9.17) is 4.98 Å². The normalized spacial score (nSPS) is 20.9. The Morgan fingerprint density at radius 3 is 1.02 bits per heavy atom. The van der Waals surface area contributed by atoms with Crippen LogP contribution in [0.3, 0.4) is 0 Å². The molecule has 0 atom stereocenters. The molecule has 0 fully saturated rings. The van der Waals surface area contributed by atoms with Crippen LogP contribution in [0.4, 0.5) is 0 Å². The first-order valence-electron chi connectivity index (χ1n) is 13.1. The van der Waals surface area contributed by atoms with Crippen LogP contribution in [0.2, 0.25) is 0 Å². The predicted molar refractivity (Wildman–Crippen MR) is 148 cm³/mol. The molecule has 2 aliphatic rings. The van der Waals surface area contributed by atoms with Crippen LogP contribution in [-0.2, 0) is 10.4 Å².